The third-order valence-electron chi connectivity index (χ3n) is 4.97. The summed E-state index contributed by atoms with van der Waals surface area (Å²) in [6.45, 7) is 11.6. The minimum absolute atomic E-state index is 0.221. The van der Waals surface area contributed by atoms with Gasteiger partial charge in [0.2, 0.25) is 0 Å². The van der Waals surface area contributed by atoms with Crippen LogP contribution in [0.3, 0.4) is 0 Å². The lowest BCUT2D eigenvalue weighted by Gasteiger charge is -2.34. The number of ether oxygens (including phenoxy) is 3. The fourth-order valence-corrected chi connectivity index (χ4v) is 3.35. The summed E-state index contributed by atoms with van der Waals surface area (Å²) in [6.07, 6.45) is 2.12. The van der Waals surface area contributed by atoms with Crippen molar-refractivity contribution in [2.45, 2.75) is 32.7 Å². The molecule has 2 N–H and O–H groups in total. The molecule has 1 saturated heterocycles. The number of nitrogens with zero attached hydrogens (tertiary/aromatic N) is 2. The Hall–Kier alpha value is -1.83. The number of hydrogen-bond acceptors (Lipinski definition) is 5. The quantitative estimate of drug-likeness (QED) is 0.316. The van der Waals surface area contributed by atoms with Gasteiger partial charge in [0, 0.05) is 39.4 Å². The Morgan fingerprint density at radius 3 is 2.55 bits per heavy atom. The first-order chi connectivity index (χ1) is 14.3. The number of methoxy groups -OCH3 is 1. The fourth-order valence-electron chi connectivity index (χ4n) is 3.35. The highest BCUT2D eigenvalue weighted by Gasteiger charge is 2.22. The van der Waals surface area contributed by atoms with Gasteiger partial charge in [-0.3, -0.25) is 9.89 Å². The molecule has 1 aliphatic rings. The Bertz CT molecular complexity index is 574. The van der Waals surface area contributed by atoms with Crippen LogP contribution in [0.15, 0.2) is 29.3 Å². The second-order valence-electron chi connectivity index (χ2n) is 6.99. The average molecular weight is 407 g/mol. The Kier molecular flexibility index (Phi) is 11.5. The minimum atomic E-state index is 0.221. The van der Waals surface area contributed by atoms with E-state index in [1.54, 1.807) is 7.11 Å². The van der Waals surface area contributed by atoms with Gasteiger partial charge in [0.15, 0.2) is 5.96 Å². The summed E-state index contributed by atoms with van der Waals surface area (Å²) >= 11 is 0. The molecule has 1 fully saturated rings. The van der Waals surface area contributed by atoms with Crippen molar-refractivity contribution in [2.24, 2.45) is 4.99 Å². The predicted molar refractivity (Wildman–Crippen MR) is 118 cm³/mol. The number of aliphatic imine (C=N–C) groups is 1. The molecule has 0 amide bonds. The number of guanidine groups is 1. The average Bonchev–Trinajstić information content (AvgIpc) is 2.77. The SMILES string of the molecule is CCNC(=NCC(c1ccc(OC)cc1)N1CCOCC1)NCCCCOCC. The molecule has 164 valence electrons. The van der Waals surface area contributed by atoms with Crippen molar-refractivity contribution in [2.75, 3.05) is 66.3 Å². The van der Waals surface area contributed by atoms with E-state index in [2.05, 4.69) is 34.6 Å². The summed E-state index contributed by atoms with van der Waals surface area (Å²) in [6, 6.07) is 8.55. The van der Waals surface area contributed by atoms with Crippen molar-refractivity contribution in [3.05, 3.63) is 29.8 Å². The van der Waals surface area contributed by atoms with E-state index in [9.17, 15) is 0 Å². The van der Waals surface area contributed by atoms with E-state index in [-0.39, 0.29) is 6.04 Å². The Morgan fingerprint density at radius 1 is 1.14 bits per heavy atom. The van der Waals surface area contributed by atoms with Crippen LogP contribution < -0.4 is 15.4 Å². The number of nitrogens with one attached hydrogen (secondary N) is 2. The molecule has 0 spiro atoms. The lowest BCUT2D eigenvalue weighted by molar-refractivity contribution is 0.0179. The molecular formula is C22H38N4O3. The molecule has 29 heavy (non-hydrogen) atoms. The molecule has 0 aromatic heterocycles. The van der Waals surface area contributed by atoms with Crippen molar-refractivity contribution in [1.82, 2.24) is 15.5 Å². The second-order valence-corrected chi connectivity index (χ2v) is 6.99. The van der Waals surface area contributed by atoms with Gasteiger partial charge in [-0.05, 0) is 44.4 Å². The van der Waals surface area contributed by atoms with Crippen LogP contribution in [-0.4, -0.2) is 77.1 Å². The van der Waals surface area contributed by atoms with Crippen molar-refractivity contribution in [3.63, 3.8) is 0 Å². The monoisotopic (exact) mass is 406 g/mol. The maximum absolute atomic E-state index is 5.55. The van der Waals surface area contributed by atoms with Crippen LogP contribution in [0, 0.1) is 0 Å². The number of rotatable bonds is 12. The van der Waals surface area contributed by atoms with Crippen LogP contribution in [-0.2, 0) is 9.47 Å². The van der Waals surface area contributed by atoms with Gasteiger partial charge >= 0.3 is 0 Å². The Balaban J connectivity index is 1.99. The van der Waals surface area contributed by atoms with Crippen LogP contribution in [0.4, 0.5) is 0 Å². The normalized spacial score (nSPS) is 16.4. The molecular weight excluding hydrogens is 368 g/mol. The Morgan fingerprint density at radius 2 is 1.90 bits per heavy atom. The van der Waals surface area contributed by atoms with E-state index < -0.39 is 0 Å². The van der Waals surface area contributed by atoms with Crippen LogP contribution in [0.1, 0.15) is 38.3 Å². The molecule has 1 aliphatic heterocycles. The van der Waals surface area contributed by atoms with Crippen molar-refractivity contribution in [1.29, 1.82) is 0 Å². The molecule has 0 aliphatic carbocycles. The first kappa shape index (κ1) is 23.4. The molecule has 0 bridgehead atoms. The maximum atomic E-state index is 5.55. The van der Waals surface area contributed by atoms with E-state index in [1.807, 2.05) is 19.1 Å². The van der Waals surface area contributed by atoms with Crippen LogP contribution in [0.2, 0.25) is 0 Å². The Labute approximate surface area is 175 Å². The standard InChI is InChI=1S/C22H38N4O3/c1-4-23-22(24-12-6-7-15-28-5-2)25-18-21(26-13-16-29-17-14-26)19-8-10-20(27-3)11-9-19/h8-11,21H,4-7,12-18H2,1-3H3,(H2,23,24,25). The topological polar surface area (TPSA) is 67.4 Å². The fraction of sp³-hybridized carbons (Fsp3) is 0.682. The molecule has 0 saturated carbocycles. The van der Waals surface area contributed by atoms with Gasteiger partial charge in [-0.1, -0.05) is 12.1 Å². The number of unbranched alkanes of at least 4 members (excludes halogenated alkanes) is 1. The van der Waals surface area contributed by atoms with Gasteiger partial charge < -0.3 is 24.8 Å². The van der Waals surface area contributed by atoms with Gasteiger partial charge in [-0.25, -0.2) is 0 Å². The van der Waals surface area contributed by atoms with E-state index in [1.165, 1.54) is 5.56 Å². The summed E-state index contributed by atoms with van der Waals surface area (Å²) in [4.78, 5) is 7.35. The van der Waals surface area contributed by atoms with Crippen molar-refractivity contribution < 1.29 is 14.2 Å². The summed E-state index contributed by atoms with van der Waals surface area (Å²) in [5.74, 6) is 1.75. The number of hydrogen-bond donors (Lipinski definition) is 2. The van der Waals surface area contributed by atoms with Crippen molar-refractivity contribution >= 4 is 5.96 Å². The second kappa shape index (κ2) is 14.2. The van der Waals surface area contributed by atoms with Gasteiger partial charge in [-0.15, -0.1) is 0 Å². The summed E-state index contributed by atoms with van der Waals surface area (Å²) in [7, 11) is 1.70. The van der Waals surface area contributed by atoms with Crippen molar-refractivity contribution in [3.8, 4) is 5.75 Å². The van der Waals surface area contributed by atoms with E-state index >= 15 is 0 Å². The van der Waals surface area contributed by atoms with E-state index in [0.717, 1.165) is 77.2 Å². The van der Waals surface area contributed by atoms with E-state index in [4.69, 9.17) is 19.2 Å². The summed E-state index contributed by atoms with van der Waals surface area (Å²) < 4.78 is 16.3. The summed E-state index contributed by atoms with van der Waals surface area (Å²) in [5.41, 5.74) is 1.25. The molecule has 7 heteroatoms. The lowest BCUT2D eigenvalue weighted by Crippen LogP contribution is -2.42. The minimum Gasteiger partial charge on any atom is -0.497 e. The zero-order valence-corrected chi connectivity index (χ0v) is 18.3. The third-order valence-corrected chi connectivity index (χ3v) is 4.97. The highest BCUT2D eigenvalue weighted by Crippen LogP contribution is 2.24. The van der Waals surface area contributed by atoms with Gasteiger partial charge in [0.05, 0.1) is 32.9 Å². The molecule has 7 nitrogen and oxygen atoms in total. The number of morpholine rings is 1. The highest BCUT2D eigenvalue weighted by molar-refractivity contribution is 5.79. The molecule has 1 aromatic rings. The molecule has 0 radical (unpaired) electrons. The largest absolute Gasteiger partial charge is 0.497 e. The predicted octanol–water partition coefficient (Wildman–Crippen LogP) is 2.44. The van der Waals surface area contributed by atoms with Gasteiger partial charge in [-0.2, -0.15) is 0 Å². The summed E-state index contributed by atoms with van der Waals surface area (Å²) in [5, 5.41) is 6.80. The molecule has 1 aromatic carbocycles. The number of benzene rings is 1. The third kappa shape index (κ3) is 8.60. The lowest BCUT2D eigenvalue weighted by atomic mass is 10.0. The van der Waals surface area contributed by atoms with Gasteiger partial charge in [0.25, 0.3) is 0 Å². The first-order valence-corrected chi connectivity index (χ1v) is 10.8. The molecule has 1 atom stereocenters. The first-order valence-electron chi connectivity index (χ1n) is 10.8. The van der Waals surface area contributed by atoms with E-state index in [0.29, 0.717) is 6.54 Å². The van der Waals surface area contributed by atoms with Crippen LogP contribution >= 0.6 is 0 Å². The molecule has 1 heterocycles. The van der Waals surface area contributed by atoms with Crippen LogP contribution in [0.25, 0.3) is 0 Å². The molecule has 1 unspecified atom stereocenters. The maximum Gasteiger partial charge on any atom is 0.191 e. The van der Waals surface area contributed by atoms with Gasteiger partial charge in [0.1, 0.15) is 5.75 Å². The zero-order valence-electron chi connectivity index (χ0n) is 18.3. The van der Waals surface area contributed by atoms with Crippen LogP contribution in [0.5, 0.6) is 5.75 Å². The smallest absolute Gasteiger partial charge is 0.191 e. The zero-order chi connectivity index (χ0) is 20.7. The highest BCUT2D eigenvalue weighted by atomic mass is 16.5. The molecule has 2 rings (SSSR count).